The summed E-state index contributed by atoms with van der Waals surface area (Å²) in [6, 6.07) is 4.86. The number of cyclic esters (lactones) is 1. The van der Waals surface area contributed by atoms with Crippen molar-refractivity contribution >= 4 is 11.9 Å². The maximum absolute atomic E-state index is 12.0. The van der Waals surface area contributed by atoms with E-state index in [9.17, 15) is 9.59 Å². The molecule has 1 aliphatic heterocycles. The Morgan fingerprint density at radius 3 is 2.68 bits per heavy atom. The number of benzene rings is 1. The van der Waals surface area contributed by atoms with Crippen molar-refractivity contribution in [1.29, 1.82) is 0 Å². The van der Waals surface area contributed by atoms with Crippen LogP contribution in [0.2, 0.25) is 0 Å². The summed E-state index contributed by atoms with van der Waals surface area (Å²) in [5.74, 6) is -0.456. The highest BCUT2D eigenvalue weighted by atomic mass is 16.6. The normalized spacial score (nSPS) is 17.8. The molecular weight excluding hydrogens is 252 g/mol. The third-order valence-electron chi connectivity index (χ3n) is 2.76. The van der Waals surface area contributed by atoms with Crippen LogP contribution >= 0.6 is 0 Å². The molecule has 0 aliphatic carbocycles. The van der Waals surface area contributed by atoms with Crippen LogP contribution in [0.3, 0.4) is 0 Å². The van der Waals surface area contributed by atoms with E-state index in [1.165, 1.54) is 14.2 Å². The number of esters is 2. The molecule has 102 valence electrons. The third kappa shape index (κ3) is 2.62. The maximum atomic E-state index is 12.0. The summed E-state index contributed by atoms with van der Waals surface area (Å²) in [4.78, 5) is 23.3. The van der Waals surface area contributed by atoms with Crippen molar-refractivity contribution in [3.8, 4) is 11.5 Å². The number of hydrogen-bond donors (Lipinski definition) is 0. The minimum atomic E-state index is -0.844. The average Bonchev–Trinajstić information content (AvgIpc) is 2.83. The highest BCUT2D eigenvalue weighted by molar-refractivity contribution is 5.95. The van der Waals surface area contributed by atoms with Crippen molar-refractivity contribution in [2.24, 2.45) is 0 Å². The molecule has 1 aromatic carbocycles. The van der Waals surface area contributed by atoms with Crippen molar-refractivity contribution in [1.82, 2.24) is 0 Å². The van der Waals surface area contributed by atoms with Gasteiger partial charge in [-0.2, -0.15) is 0 Å². The van der Waals surface area contributed by atoms with Crippen molar-refractivity contribution < 1.29 is 28.5 Å². The number of carbonyl (C=O) groups is 2. The van der Waals surface area contributed by atoms with E-state index in [0.717, 1.165) is 0 Å². The molecule has 6 nitrogen and oxygen atoms in total. The standard InChI is InChI=1S/C13H14O6/c1-16-9-5-3-4-8(11(9)17-2)12(14)19-10-6-7-18-13(10)15/h3-5,10H,6-7H2,1-2H3. The highest BCUT2D eigenvalue weighted by Crippen LogP contribution is 2.31. The van der Waals surface area contributed by atoms with E-state index in [2.05, 4.69) is 0 Å². The Bertz CT molecular complexity index is 496. The van der Waals surface area contributed by atoms with Gasteiger partial charge in [0, 0.05) is 6.42 Å². The molecule has 1 aromatic rings. The molecule has 19 heavy (non-hydrogen) atoms. The van der Waals surface area contributed by atoms with E-state index in [-0.39, 0.29) is 17.9 Å². The van der Waals surface area contributed by atoms with Crippen molar-refractivity contribution in [2.75, 3.05) is 20.8 Å². The first-order valence-electron chi connectivity index (χ1n) is 5.76. The average molecular weight is 266 g/mol. The van der Waals surface area contributed by atoms with Gasteiger partial charge in [0.05, 0.1) is 20.8 Å². The number of hydrogen-bond acceptors (Lipinski definition) is 6. The summed E-state index contributed by atoms with van der Waals surface area (Å²) in [6.07, 6.45) is -0.472. The van der Waals surface area contributed by atoms with Crippen LogP contribution in [0.15, 0.2) is 18.2 Å². The first kappa shape index (κ1) is 13.2. The monoisotopic (exact) mass is 266 g/mol. The van der Waals surface area contributed by atoms with Crippen LogP contribution in [0.1, 0.15) is 16.8 Å². The lowest BCUT2D eigenvalue weighted by Gasteiger charge is -2.13. The molecule has 0 aromatic heterocycles. The van der Waals surface area contributed by atoms with E-state index in [1.807, 2.05) is 0 Å². The molecule has 1 aliphatic rings. The van der Waals surface area contributed by atoms with Gasteiger partial charge in [0.15, 0.2) is 11.5 Å². The van der Waals surface area contributed by atoms with Crippen molar-refractivity contribution in [2.45, 2.75) is 12.5 Å². The molecule has 0 amide bonds. The molecule has 0 radical (unpaired) electrons. The second-order valence-electron chi connectivity index (χ2n) is 3.89. The fraction of sp³-hybridized carbons (Fsp3) is 0.385. The summed E-state index contributed by atoms with van der Waals surface area (Å²) in [5.41, 5.74) is 0.210. The molecule has 6 heteroatoms. The lowest BCUT2D eigenvalue weighted by atomic mass is 10.2. The van der Waals surface area contributed by atoms with E-state index >= 15 is 0 Å². The number of ether oxygens (including phenoxy) is 4. The van der Waals surface area contributed by atoms with Crippen LogP contribution in [0.4, 0.5) is 0 Å². The Labute approximate surface area is 110 Å². The smallest absolute Gasteiger partial charge is 0.347 e. The number of methoxy groups -OCH3 is 2. The minimum absolute atomic E-state index is 0.210. The number of para-hydroxylation sites is 1. The van der Waals surface area contributed by atoms with Crippen LogP contribution in [0, 0.1) is 0 Å². The molecule has 1 atom stereocenters. The fourth-order valence-corrected chi connectivity index (χ4v) is 1.82. The van der Waals surface area contributed by atoms with Crippen LogP contribution in [-0.2, 0) is 14.3 Å². The Morgan fingerprint density at radius 1 is 1.32 bits per heavy atom. The number of rotatable bonds is 4. The zero-order chi connectivity index (χ0) is 13.8. The molecule has 0 bridgehead atoms. The molecule has 1 unspecified atom stereocenters. The van der Waals surface area contributed by atoms with E-state index in [0.29, 0.717) is 12.2 Å². The van der Waals surface area contributed by atoms with Crippen LogP contribution < -0.4 is 9.47 Å². The van der Waals surface area contributed by atoms with E-state index in [1.54, 1.807) is 18.2 Å². The quantitative estimate of drug-likeness (QED) is 0.762. The second kappa shape index (κ2) is 5.60. The second-order valence-corrected chi connectivity index (χ2v) is 3.89. The molecule has 1 heterocycles. The minimum Gasteiger partial charge on any atom is -0.493 e. The Balaban J connectivity index is 2.21. The fourth-order valence-electron chi connectivity index (χ4n) is 1.82. The summed E-state index contributed by atoms with van der Waals surface area (Å²) in [5, 5.41) is 0. The summed E-state index contributed by atoms with van der Waals surface area (Å²) < 4.78 is 20.1. The first-order chi connectivity index (χ1) is 9.17. The molecule has 0 saturated carbocycles. The molecule has 1 saturated heterocycles. The molecule has 0 N–H and O–H groups in total. The van der Waals surface area contributed by atoms with Crippen LogP contribution in [-0.4, -0.2) is 38.9 Å². The lowest BCUT2D eigenvalue weighted by Crippen LogP contribution is -2.23. The van der Waals surface area contributed by atoms with Gasteiger partial charge in [-0.1, -0.05) is 6.07 Å². The molecule has 0 spiro atoms. The zero-order valence-corrected chi connectivity index (χ0v) is 10.7. The predicted molar refractivity (Wildman–Crippen MR) is 64.3 cm³/mol. The number of carbonyl (C=O) groups excluding carboxylic acids is 2. The first-order valence-corrected chi connectivity index (χ1v) is 5.76. The predicted octanol–water partition coefficient (Wildman–Crippen LogP) is 1.18. The van der Waals surface area contributed by atoms with Gasteiger partial charge in [0.1, 0.15) is 5.56 Å². The zero-order valence-electron chi connectivity index (χ0n) is 10.7. The Morgan fingerprint density at radius 2 is 2.11 bits per heavy atom. The maximum Gasteiger partial charge on any atom is 0.347 e. The summed E-state index contributed by atoms with van der Waals surface area (Å²) in [7, 11) is 2.90. The molecular formula is C13H14O6. The van der Waals surface area contributed by atoms with Gasteiger partial charge in [0.25, 0.3) is 0 Å². The van der Waals surface area contributed by atoms with Crippen molar-refractivity contribution in [3.05, 3.63) is 23.8 Å². The van der Waals surface area contributed by atoms with Gasteiger partial charge >= 0.3 is 11.9 Å². The van der Waals surface area contributed by atoms with Gasteiger partial charge in [-0.15, -0.1) is 0 Å². The van der Waals surface area contributed by atoms with E-state index in [4.69, 9.17) is 18.9 Å². The highest BCUT2D eigenvalue weighted by Gasteiger charge is 2.31. The van der Waals surface area contributed by atoms with Gasteiger partial charge in [-0.3, -0.25) is 0 Å². The summed E-state index contributed by atoms with van der Waals surface area (Å²) in [6.45, 7) is 0.270. The van der Waals surface area contributed by atoms with Gasteiger partial charge < -0.3 is 18.9 Å². The van der Waals surface area contributed by atoms with Crippen LogP contribution in [0.5, 0.6) is 11.5 Å². The lowest BCUT2D eigenvalue weighted by molar-refractivity contribution is -0.145. The topological polar surface area (TPSA) is 71.1 Å². The van der Waals surface area contributed by atoms with E-state index < -0.39 is 18.0 Å². The van der Waals surface area contributed by atoms with Gasteiger partial charge in [0.2, 0.25) is 6.10 Å². The molecule has 2 rings (SSSR count). The van der Waals surface area contributed by atoms with Crippen molar-refractivity contribution in [3.63, 3.8) is 0 Å². The molecule has 1 fully saturated rings. The largest absolute Gasteiger partial charge is 0.493 e. The van der Waals surface area contributed by atoms with Crippen LogP contribution in [0.25, 0.3) is 0 Å². The van der Waals surface area contributed by atoms with Gasteiger partial charge in [-0.05, 0) is 12.1 Å². The summed E-state index contributed by atoms with van der Waals surface area (Å²) >= 11 is 0. The van der Waals surface area contributed by atoms with Gasteiger partial charge in [-0.25, -0.2) is 9.59 Å². The Kier molecular flexibility index (Phi) is 3.89. The SMILES string of the molecule is COc1cccc(C(=O)OC2CCOC2=O)c1OC. The Hall–Kier alpha value is -2.24. The third-order valence-corrected chi connectivity index (χ3v) is 2.76.